The zero-order chi connectivity index (χ0) is 23.7. The van der Waals surface area contributed by atoms with E-state index in [0.717, 1.165) is 22.4 Å². The van der Waals surface area contributed by atoms with Crippen molar-refractivity contribution >= 4 is 23.5 Å². The van der Waals surface area contributed by atoms with Crippen LogP contribution in [-0.2, 0) is 11.2 Å². The molecule has 34 heavy (non-hydrogen) atoms. The molecule has 0 saturated carbocycles. The lowest BCUT2D eigenvalue weighted by Crippen LogP contribution is -2.54. The molecular formula is C27H28N4O3. The minimum atomic E-state index is -0.471. The molecule has 0 spiro atoms. The molecule has 0 N–H and O–H groups in total. The Labute approximate surface area is 199 Å². The molecule has 1 fully saturated rings. The number of piperazine rings is 1. The highest BCUT2D eigenvalue weighted by molar-refractivity contribution is 6.22. The van der Waals surface area contributed by atoms with Gasteiger partial charge in [-0.3, -0.25) is 9.59 Å². The van der Waals surface area contributed by atoms with Crippen molar-refractivity contribution in [3.63, 3.8) is 0 Å². The Morgan fingerprint density at radius 2 is 1.68 bits per heavy atom. The van der Waals surface area contributed by atoms with Gasteiger partial charge in [0.1, 0.15) is 6.04 Å². The Morgan fingerprint density at radius 1 is 0.971 bits per heavy atom. The third-order valence-corrected chi connectivity index (χ3v) is 6.29. The first-order chi connectivity index (χ1) is 16.5. The van der Waals surface area contributed by atoms with Crippen LogP contribution in [-0.4, -0.2) is 59.8 Å². The molecule has 2 aromatic carbocycles. The number of furan rings is 1. The summed E-state index contributed by atoms with van der Waals surface area (Å²) in [7, 11) is 0. The Morgan fingerprint density at radius 3 is 2.32 bits per heavy atom. The lowest BCUT2D eigenvalue weighted by Gasteiger charge is -2.37. The lowest BCUT2D eigenvalue weighted by atomic mass is 10.1. The highest BCUT2D eigenvalue weighted by Gasteiger charge is 2.39. The van der Waals surface area contributed by atoms with Crippen molar-refractivity contribution in [1.82, 2.24) is 9.80 Å². The maximum atomic E-state index is 13.6. The SMILES string of the molecule is Cc1cc(C)cc(N2C(=O)C(Cc3ccccc3)N=C2N2CCN(C(=O)c3ccco3)CC2)c1. The molecule has 0 aliphatic carbocycles. The van der Waals surface area contributed by atoms with Crippen molar-refractivity contribution in [3.8, 4) is 0 Å². The smallest absolute Gasteiger partial charge is 0.289 e. The van der Waals surface area contributed by atoms with E-state index in [1.807, 2.05) is 56.3 Å². The summed E-state index contributed by atoms with van der Waals surface area (Å²) < 4.78 is 5.28. The van der Waals surface area contributed by atoms with Crippen LogP contribution in [0.4, 0.5) is 5.69 Å². The first-order valence-corrected chi connectivity index (χ1v) is 11.6. The van der Waals surface area contributed by atoms with E-state index in [0.29, 0.717) is 44.3 Å². The number of carbonyl (C=O) groups is 2. The third-order valence-electron chi connectivity index (χ3n) is 6.29. The Balaban J connectivity index is 1.40. The quantitative estimate of drug-likeness (QED) is 0.601. The number of benzene rings is 2. The van der Waals surface area contributed by atoms with Crippen LogP contribution >= 0.6 is 0 Å². The van der Waals surface area contributed by atoms with Crippen LogP contribution in [0.25, 0.3) is 0 Å². The maximum absolute atomic E-state index is 13.6. The van der Waals surface area contributed by atoms with Crippen LogP contribution in [0.2, 0.25) is 0 Å². The molecule has 174 valence electrons. The summed E-state index contributed by atoms with van der Waals surface area (Å²) >= 11 is 0. The minimum Gasteiger partial charge on any atom is -0.459 e. The largest absolute Gasteiger partial charge is 0.459 e. The van der Waals surface area contributed by atoms with E-state index in [1.165, 1.54) is 6.26 Å². The number of aliphatic imine (C=N–C) groups is 1. The number of anilines is 1. The van der Waals surface area contributed by atoms with Crippen molar-refractivity contribution in [2.45, 2.75) is 26.3 Å². The predicted molar refractivity (Wildman–Crippen MR) is 131 cm³/mol. The van der Waals surface area contributed by atoms with Crippen molar-refractivity contribution in [2.75, 3.05) is 31.1 Å². The number of carbonyl (C=O) groups excluding carboxylic acids is 2. The normalized spacial score (nSPS) is 18.4. The topological polar surface area (TPSA) is 69.4 Å². The number of hydrogen-bond acceptors (Lipinski definition) is 5. The van der Waals surface area contributed by atoms with E-state index in [4.69, 9.17) is 9.41 Å². The monoisotopic (exact) mass is 456 g/mol. The molecule has 2 aliphatic heterocycles. The highest BCUT2D eigenvalue weighted by Crippen LogP contribution is 2.27. The van der Waals surface area contributed by atoms with Crippen LogP contribution in [0.15, 0.2) is 76.3 Å². The zero-order valence-electron chi connectivity index (χ0n) is 19.5. The van der Waals surface area contributed by atoms with Gasteiger partial charge in [-0.15, -0.1) is 0 Å². The number of nitrogens with zero attached hydrogens (tertiary/aromatic N) is 4. The van der Waals surface area contributed by atoms with Gasteiger partial charge in [-0.25, -0.2) is 9.89 Å². The average Bonchev–Trinajstić information content (AvgIpc) is 3.48. The molecule has 2 aliphatic rings. The van der Waals surface area contributed by atoms with E-state index in [2.05, 4.69) is 11.0 Å². The Kier molecular flexibility index (Phi) is 5.92. The van der Waals surface area contributed by atoms with Gasteiger partial charge < -0.3 is 14.2 Å². The van der Waals surface area contributed by atoms with Crippen molar-refractivity contribution in [2.24, 2.45) is 4.99 Å². The van der Waals surface area contributed by atoms with Gasteiger partial charge in [0.15, 0.2) is 5.76 Å². The van der Waals surface area contributed by atoms with Gasteiger partial charge in [-0.05, 0) is 54.8 Å². The maximum Gasteiger partial charge on any atom is 0.289 e. The van der Waals surface area contributed by atoms with Gasteiger partial charge in [-0.1, -0.05) is 36.4 Å². The molecule has 1 atom stereocenters. The van der Waals surface area contributed by atoms with Gasteiger partial charge in [0.25, 0.3) is 11.8 Å². The highest BCUT2D eigenvalue weighted by atomic mass is 16.3. The second-order valence-electron chi connectivity index (χ2n) is 8.91. The summed E-state index contributed by atoms with van der Waals surface area (Å²) in [6.07, 6.45) is 2.07. The first-order valence-electron chi connectivity index (χ1n) is 11.6. The van der Waals surface area contributed by atoms with E-state index in [1.54, 1.807) is 21.9 Å². The molecule has 3 aromatic rings. The molecule has 2 amide bonds. The molecule has 0 bridgehead atoms. The molecule has 0 radical (unpaired) electrons. The Bertz CT molecular complexity index is 1190. The van der Waals surface area contributed by atoms with Crippen LogP contribution in [0.3, 0.4) is 0 Å². The minimum absolute atomic E-state index is 0.0158. The second kappa shape index (κ2) is 9.17. The molecule has 1 saturated heterocycles. The van der Waals surface area contributed by atoms with Gasteiger partial charge in [0.2, 0.25) is 5.96 Å². The Hall–Kier alpha value is -3.87. The molecule has 7 heteroatoms. The standard InChI is InChI=1S/C27H28N4O3/c1-19-15-20(2)17-22(16-19)31-25(32)23(18-21-7-4-3-5-8-21)28-27(31)30-12-10-29(11-13-30)26(33)24-9-6-14-34-24/h3-9,14-17,23H,10-13,18H2,1-2H3. The molecule has 5 rings (SSSR count). The van der Waals surface area contributed by atoms with Gasteiger partial charge >= 0.3 is 0 Å². The molecule has 3 heterocycles. The summed E-state index contributed by atoms with van der Waals surface area (Å²) in [6.45, 7) is 6.34. The average molecular weight is 457 g/mol. The fourth-order valence-electron chi connectivity index (χ4n) is 4.68. The van der Waals surface area contributed by atoms with E-state index < -0.39 is 6.04 Å². The van der Waals surface area contributed by atoms with Gasteiger partial charge in [-0.2, -0.15) is 0 Å². The number of guanidine groups is 1. The number of aryl methyl sites for hydroxylation is 2. The summed E-state index contributed by atoms with van der Waals surface area (Å²) in [5, 5.41) is 0. The zero-order valence-corrected chi connectivity index (χ0v) is 19.5. The van der Waals surface area contributed by atoms with E-state index in [-0.39, 0.29) is 11.8 Å². The van der Waals surface area contributed by atoms with Crippen molar-refractivity contribution in [3.05, 3.63) is 89.4 Å². The molecular weight excluding hydrogens is 428 g/mol. The molecule has 1 aromatic heterocycles. The number of rotatable bonds is 4. The van der Waals surface area contributed by atoms with Crippen LogP contribution in [0, 0.1) is 13.8 Å². The number of amides is 2. The summed E-state index contributed by atoms with van der Waals surface area (Å²) in [6, 6.07) is 19.1. The summed E-state index contributed by atoms with van der Waals surface area (Å²) in [5.74, 6) is 0.891. The fraction of sp³-hybridized carbons (Fsp3) is 0.296. The van der Waals surface area contributed by atoms with Crippen LogP contribution in [0.1, 0.15) is 27.2 Å². The summed E-state index contributed by atoms with van der Waals surface area (Å²) in [4.78, 5) is 36.9. The van der Waals surface area contributed by atoms with Gasteiger partial charge in [0.05, 0.1) is 12.0 Å². The van der Waals surface area contributed by atoms with Crippen LogP contribution in [0.5, 0.6) is 0 Å². The lowest BCUT2D eigenvalue weighted by molar-refractivity contribution is -0.118. The van der Waals surface area contributed by atoms with E-state index in [9.17, 15) is 9.59 Å². The predicted octanol–water partition coefficient (Wildman–Crippen LogP) is 3.67. The van der Waals surface area contributed by atoms with E-state index >= 15 is 0 Å². The first kappa shape index (κ1) is 21.9. The van der Waals surface area contributed by atoms with Crippen LogP contribution < -0.4 is 4.90 Å². The summed E-state index contributed by atoms with van der Waals surface area (Å²) in [5.41, 5.74) is 4.12. The fourth-order valence-corrected chi connectivity index (χ4v) is 4.68. The number of hydrogen-bond donors (Lipinski definition) is 0. The molecule has 7 nitrogen and oxygen atoms in total. The second-order valence-corrected chi connectivity index (χ2v) is 8.91. The van der Waals surface area contributed by atoms with Gasteiger partial charge in [0, 0.05) is 32.6 Å². The molecule has 1 unspecified atom stereocenters. The third kappa shape index (κ3) is 4.33. The van der Waals surface area contributed by atoms with Crippen molar-refractivity contribution in [1.29, 1.82) is 0 Å². The van der Waals surface area contributed by atoms with Crippen molar-refractivity contribution < 1.29 is 14.0 Å².